The van der Waals surface area contributed by atoms with Crippen molar-refractivity contribution in [3.8, 4) is 0 Å². The Morgan fingerprint density at radius 1 is 1.38 bits per heavy atom. The van der Waals surface area contributed by atoms with E-state index in [1.54, 1.807) is 0 Å². The van der Waals surface area contributed by atoms with Gasteiger partial charge in [-0.15, -0.1) is 0 Å². The molecule has 0 unspecified atom stereocenters. The van der Waals surface area contributed by atoms with Crippen LogP contribution in [0.5, 0.6) is 0 Å². The highest BCUT2D eigenvalue weighted by Gasteiger charge is 2.48. The molecule has 1 fully saturated rings. The van der Waals surface area contributed by atoms with Crippen LogP contribution in [0.2, 0.25) is 0 Å². The maximum atomic E-state index is 11.4. The molecule has 1 amide bonds. The molecule has 1 saturated carbocycles. The van der Waals surface area contributed by atoms with E-state index in [-0.39, 0.29) is 11.8 Å². The molecule has 1 heterocycles. The highest BCUT2D eigenvalue weighted by atomic mass is 79.9. The zero-order valence-electron chi connectivity index (χ0n) is 6.88. The van der Waals surface area contributed by atoms with Crippen LogP contribution in [-0.4, -0.2) is 5.91 Å². The molecule has 0 spiro atoms. The van der Waals surface area contributed by atoms with Gasteiger partial charge < -0.3 is 5.32 Å². The predicted molar refractivity (Wildman–Crippen MR) is 53.6 cm³/mol. The van der Waals surface area contributed by atoms with Gasteiger partial charge in [-0.2, -0.15) is 0 Å². The Labute approximate surface area is 84.5 Å². The number of nitrogens with one attached hydrogen (secondary N) is 1. The molecule has 66 valence electrons. The largest absolute Gasteiger partial charge is 0.325 e. The van der Waals surface area contributed by atoms with Crippen molar-refractivity contribution in [3.63, 3.8) is 0 Å². The average Bonchev–Trinajstić information content (AvgIpc) is 2.87. The standard InChI is InChI=1S/C10H8BrNO/c11-8-3-1-2-5-6-4-7(6)10(13)12-9(5)8/h1-3,6-7H,4H2,(H,12,13)/t6-,7-/m0/s1. The molecule has 3 heteroatoms. The second-order valence-corrected chi connectivity index (χ2v) is 4.50. The van der Waals surface area contributed by atoms with Crippen molar-refractivity contribution in [1.82, 2.24) is 0 Å². The molecule has 0 aromatic heterocycles. The maximum absolute atomic E-state index is 11.4. The van der Waals surface area contributed by atoms with Crippen molar-refractivity contribution >= 4 is 27.5 Å². The van der Waals surface area contributed by atoms with Gasteiger partial charge in [-0.05, 0) is 39.9 Å². The maximum Gasteiger partial charge on any atom is 0.228 e. The van der Waals surface area contributed by atoms with Crippen molar-refractivity contribution in [2.24, 2.45) is 5.92 Å². The molecule has 0 radical (unpaired) electrons. The number of rotatable bonds is 0. The Hall–Kier alpha value is -0.830. The lowest BCUT2D eigenvalue weighted by atomic mass is 10.0. The fourth-order valence-electron chi connectivity index (χ4n) is 2.03. The Morgan fingerprint density at radius 3 is 3.08 bits per heavy atom. The summed E-state index contributed by atoms with van der Waals surface area (Å²) >= 11 is 3.44. The van der Waals surface area contributed by atoms with Crippen molar-refractivity contribution in [2.45, 2.75) is 12.3 Å². The third kappa shape index (κ3) is 0.967. The highest BCUT2D eigenvalue weighted by Crippen LogP contribution is 2.54. The van der Waals surface area contributed by atoms with Crippen LogP contribution < -0.4 is 5.32 Å². The molecule has 1 N–H and O–H groups in total. The van der Waals surface area contributed by atoms with Crippen LogP contribution in [0.1, 0.15) is 17.9 Å². The van der Waals surface area contributed by atoms with Crippen LogP contribution in [0.25, 0.3) is 0 Å². The van der Waals surface area contributed by atoms with E-state index in [4.69, 9.17) is 0 Å². The van der Waals surface area contributed by atoms with E-state index in [1.807, 2.05) is 12.1 Å². The molecule has 2 aliphatic rings. The summed E-state index contributed by atoms with van der Waals surface area (Å²) < 4.78 is 0.990. The lowest BCUT2D eigenvalue weighted by Crippen LogP contribution is -2.19. The van der Waals surface area contributed by atoms with Crippen molar-refractivity contribution in [1.29, 1.82) is 0 Å². The molecule has 0 saturated heterocycles. The molecule has 0 bridgehead atoms. The summed E-state index contributed by atoms with van der Waals surface area (Å²) in [6.07, 6.45) is 1.02. The Morgan fingerprint density at radius 2 is 2.23 bits per heavy atom. The Bertz CT molecular complexity index is 402. The monoisotopic (exact) mass is 237 g/mol. The first-order valence-electron chi connectivity index (χ1n) is 4.36. The van der Waals surface area contributed by atoms with Gasteiger partial charge in [0.2, 0.25) is 5.91 Å². The lowest BCUT2D eigenvalue weighted by molar-refractivity contribution is -0.117. The molecule has 1 aromatic carbocycles. The first-order valence-corrected chi connectivity index (χ1v) is 5.16. The van der Waals surface area contributed by atoms with Gasteiger partial charge in [0.15, 0.2) is 0 Å². The van der Waals surface area contributed by atoms with Crippen LogP contribution in [0, 0.1) is 5.92 Å². The summed E-state index contributed by atoms with van der Waals surface area (Å²) in [5.74, 6) is 0.924. The third-order valence-corrected chi connectivity index (χ3v) is 3.48. The molecular formula is C10H8BrNO. The second-order valence-electron chi connectivity index (χ2n) is 3.64. The molecule has 1 aliphatic carbocycles. The minimum Gasteiger partial charge on any atom is -0.325 e. The number of halogens is 1. The highest BCUT2D eigenvalue weighted by molar-refractivity contribution is 9.10. The number of hydrogen-bond donors (Lipinski definition) is 1. The quantitative estimate of drug-likeness (QED) is 0.739. The predicted octanol–water partition coefficient (Wildman–Crippen LogP) is 2.50. The minimum atomic E-state index is 0.185. The zero-order chi connectivity index (χ0) is 9.00. The van der Waals surface area contributed by atoms with E-state index < -0.39 is 0 Å². The lowest BCUT2D eigenvalue weighted by Gasteiger charge is -2.17. The van der Waals surface area contributed by atoms with E-state index in [9.17, 15) is 4.79 Å². The van der Waals surface area contributed by atoms with Gasteiger partial charge in [0.25, 0.3) is 0 Å². The third-order valence-electron chi connectivity index (χ3n) is 2.82. The van der Waals surface area contributed by atoms with E-state index in [0.717, 1.165) is 16.6 Å². The van der Waals surface area contributed by atoms with E-state index in [2.05, 4.69) is 27.3 Å². The van der Waals surface area contributed by atoms with E-state index in [0.29, 0.717) is 5.92 Å². The summed E-state index contributed by atoms with van der Waals surface area (Å²) in [6.45, 7) is 0. The smallest absolute Gasteiger partial charge is 0.228 e. The van der Waals surface area contributed by atoms with Crippen molar-refractivity contribution in [2.75, 3.05) is 5.32 Å². The number of amides is 1. The first-order chi connectivity index (χ1) is 6.27. The van der Waals surface area contributed by atoms with Gasteiger partial charge >= 0.3 is 0 Å². The summed E-state index contributed by atoms with van der Waals surface area (Å²) in [5.41, 5.74) is 2.27. The topological polar surface area (TPSA) is 29.1 Å². The minimum absolute atomic E-state index is 0.185. The van der Waals surface area contributed by atoms with Gasteiger partial charge in [0, 0.05) is 10.4 Å². The molecule has 1 aromatic rings. The Balaban J connectivity index is 2.19. The number of para-hydroxylation sites is 1. The number of anilines is 1. The summed E-state index contributed by atoms with van der Waals surface area (Å²) in [4.78, 5) is 11.4. The second kappa shape index (κ2) is 2.35. The zero-order valence-corrected chi connectivity index (χ0v) is 8.47. The first kappa shape index (κ1) is 7.56. The van der Waals surface area contributed by atoms with Crippen LogP contribution in [0.15, 0.2) is 22.7 Å². The molecule has 2 nitrogen and oxygen atoms in total. The summed E-state index contributed by atoms with van der Waals surface area (Å²) in [6, 6.07) is 6.09. The van der Waals surface area contributed by atoms with Gasteiger partial charge in [-0.1, -0.05) is 12.1 Å². The van der Waals surface area contributed by atoms with Crippen LogP contribution in [0.4, 0.5) is 5.69 Å². The van der Waals surface area contributed by atoms with Crippen molar-refractivity contribution in [3.05, 3.63) is 28.2 Å². The van der Waals surface area contributed by atoms with E-state index in [1.165, 1.54) is 5.56 Å². The molecule has 2 atom stereocenters. The molecular weight excluding hydrogens is 230 g/mol. The number of carbonyl (C=O) groups is 1. The number of benzene rings is 1. The SMILES string of the molecule is O=C1Nc2c(Br)cccc2[C@@H]2C[C@H]12. The number of carbonyl (C=O) groups excluding carboxylic acids is 1. The molecule has 1 aliphatic heterocycles. The Kier molecular flexibility index (Phi) is 1.37. The average molecular weight is 238 g/mol. The number of fused-ring (bicyclic) bond motifs is 3. The summed E-state index contributed by atoms with van der Waals surface area (Å²) in [5, 5.41) is 2.93. The van der Waals surface area contributed by atoms with Gasteiger partial charge in [0.05, 0.1) is 5.69 Å². The van der Waals surface area contributed by atoms with Gasteiger partial charge in [-0.3, -0.25) is 4.79 Å². The summed E-state index contributed by atoms with van der Waals surface area (Å²) in [7, 11) is 0. The fourth-order valence-corrected chi connectivity index (χ4v) is 2.51. The number of hydrogen-bond acceptors (Lipinski definition) is 1. The van der Waals surface area contributed by atoms with Gasteiger partial charge in [0.1, 0.15) is 0 Å². The van der Waals surface area contributed by atoms with E-state index >= 15 is 0 Å². The normalized spacial score (nSPS) is 28.8. The van der Waals surface area contributed by atoms with Crippen LogP contribution in [0.3, 0.4) is 0 Å². The van der Waals surface area contributed by atoms with Crippen LogP contribution >= 0.6 is 15.9 Å². The van der Waals surface area contributed by atoms with Crippen LogP contribution in [-0.2, 0) is 4.79 Å². The van der Waals surface area contributed by atoms with Crippen molar-refractivity contribution < 1.29 is 4.79 Å². The molecule has 13 heavy (non-hydrogen) atoms. The fraction of sp³-hybridized carbons (Fsp3) is 0.300. The molecule has 3 rings (SSSR count). The van der Waals surface area contributed by atoms with Gasteiger partial charge in [-0.25, -0.2) is 0 Å².